The molecule has 1 heterocycles. The topological polar surface area (TPSA) is 43.1 Å². The molecule has 0 spiro atoms. The first-order valence-electron chi connectivity index (χ1n) is 5.26. The van der Waals surface area contributed by atoms with Gasteiger partial charge in [-0.3, -0.25) is 4.79 Å². The van der Waals surface area contributed by atoms with E-state index in [2.05, 4.69) is 0 Å². The highest BCUT2D eigenvalue weighted by molar-refractivity contribution is 7.18. The molecule has 0 amide bonds. The van der Waals surface area contributed by atoms with Crippen LogP contribution in [-0.2, 0) is 0 Å². The van der Waals surface area contributed by atoms with Crippen LogP contribution in [0.4, 0.5) is 10.1 Å². The van der Waals surface area contributed by atoms with E-state index in [0.29, 0.717) is 14.8 Å². The van der Waals surface area contributed by atoms with Crippen molar-refractivity contribution in [2.45, 2.75) is 13.8 Å². The number of hydrogen-bond acceptors (Lipinski definition) is 3. The van der Waals surface area contributed by atoms with Gasteiger partial charge in [-0.1, -0.05) is 11.6 Å². The van der Waals surface area contributed by atoms with E-state index in [-0.39, 0.29) is 17.0 Å². The van der Waals surface area contributed by atoms with E-state index in [1.165, 1.54) is 23.5 Å². The lowest BCUT2D eigenvalue weighted by molar-refractivity contribution is 0.104. The van der Waals surface area contributed by atoms with Crippen molar-refractivity contribution in [1.29, 1.82) is 0 Å². The maximum absolute atomic E-state index is 13.5. The number of ketones is 1. The van der Waals surface area contributed by atoms with Crippen LogP contribution in [0.1, 0.15) is 26.4 Å². The van der Waals surface area contributed by atoms with E-state index in [4.69, 9.17) is 17.3 Å². The molecular formula is C13H11ClFNOS. The Hall–Kier alpha value is -1.39. The van der Waals surface area contributed by atoms with Gasteiger partial charge in [-0.05, 0) is 37.6 Å². The summed E-state index contributed by atoms with van der Waals surface area (Å²) in [6.45, 7) is 3.39. The number of nitrogens with two attached hydrogens (primary N) is 1. The number of anilines is 1. The summed E-state index contributed by atoms with van der Waals surface area (Å²) in [4.78, 5) is 12.6. The quantitative estimate of drug-likeness (QED) is 0.669. The van der Waals surface area contributed by atoms with E-state index < -0.39 is 5.82 Å². The Balaban J connectivity index is 2.46. The fourth-order valence-electron chi connectivity index (χ4n) is 1.55. The highest BCUT2D eigenvalue weighted by Crippen LogP contribution is 2.29. The van der Waals surface area contributed by atoms with E-state index in [1.807, 2.05) is 6.92 Å². The van der Waals surface area contributed by atoms with Crippen molar-refractivity contribution >= 4 is 34.4 Å². The van der Waals surface area contributed by atoms with Crippen LogP contribution in [0.3, 0.4) is 0 Å². The maximum Gasteiger partial charge on any atom is 0.203 e. The number of hydrogen-bond donors (Lipinski definition) is 1. The lowest BCUT2D eigenvalue weighted by Crippen LogP contribution is -2.03. The molecule has 0 aliphatic carbocycles. The Labute approximate surface area is 113 Å². The third kappa shape index (κ3) is 2.26. The molecule has 0 fully saturated rings. The van der Waals surface area contributed by atoms with Crippen molar-refractivity contribution in [2.24, 2.45) is 0 Å². The number of rotatable bonds is 2. The Morgan fingerprint density at radius 3 is 2.50 bits per heavy atom. The predicted molar refractivity (Wildman–Crippen MR) is 73.0 cm³/mol. The molecule has 2 rings (SSSR count). The fraction of sp³-hybridized carbons (Fsp3) is 0.154. The molecule has 0 bridgehead atoms. The molecule has 18 heavy (non-hydrogen) atoms. The Morgan fingerprint density at radius 1 is 1.33 bits per heavy atom. The first-order valence-corrected chi connectivity index (χ1v) is 6.46. The van der Waals surface area contributed by atoms with E-state index in [1.54, 1.807) is 13.0 Å². The first-order chi connectivity index (χ1) is 8.40. The van der Waals surface area contributed by atoms with Crippen molar-refractivity contribution in [3.05, 3.63) is 49.9 Å². The Kier molecular flexibility index (Phi) is 3.41. The lowest BCUT2D eigenvalue weighted by atomic mass is 10.0. The molecule has 2 N–H and O–H groups in total. The molecule has 0 aliphatic heterocycles. The summed E-state index contributed by atoms with van der Waals surface area (Å²) >= 11 is 7.10. The number of carbonyl (C=O) groups excluding carboxylic acids is 1. The SMILES string of the molecule is Cc1cc(C(=O)c2cc(N)c(C)c(F)c2)sc1Cl. The monoisotopic (exact) mass is 283 g/mol. The summed E-state index contributed by atoms with van der Waals surface area (Å²) in [6, 6.07) is 4.39. The first kappa shape index (κ1) is 13.1. The highest BCUT2D eigenvalue weighted by Gasteiger charge is 2.16. The molecule has 1 aromatic carbocycles. The molecular weight excluding hydrogens is 273 g/mol. The van der Waals surface area contributed by atoms with Gasteiger partial charge in [0.2, 0.25) is 5.78 Å². The number of halogens is 2. The maximum atomic E-state index is 13.5. The number of aryl methyl sites for hydroxylation is 1. The van der Waals surface area contributed by atoms with Gasteiger partial charge in [0, 0.05) is 16.8 Å². The minimum absolute atomic E-state index is 0.244. The van der Waals surface area contributed by atoms with Crippen molar-refractivity contribution in [2.75, 3.05) is 5.73 Å². The van der Waals surface area contributed by atoms with Crippen LogP contribution in [0, 0.1) is 19.7 Å². The van der Waals surface area contributed by atoms with Gasteiger partial charge in [0.15, 0.2) is 0 Å². The zero-order valence-corrected chi connectivity index (χ0v) is 11.5. The summed E-state index contributed by atoms with van der Waals surface area (Å²) in [5.74, 6) is -0.738. The summed E-state index contributed by atoms with van der Waals surface area (Å²) in [6.07, 6.45) is 0. The molecule has 5 heteroatoms. The molecule has 94 valence electrons. The van der Waals surface area contributed by atoms with Gasteiger partial charge in [0.1, 0.15) is 5.82 Å². The van der Waals surface area contributed by atoms with Crippen molar-refractivity contribution in [3.63, 3.8) is 0 Å². The molecule has 2 aromatic rings. The third-order valence-corrected chi connectivity index (χ3v) is 4.28. The average molecular weight is 284 g/mol. The normalized spacial score (nSPS) is 10.7. The number of nitrogen functional groups attached to an aromatic ring is 1. The van der Waals surface area contributed by atoms with Crippen LogP contribution in [0.2, 0.25) is 4.34 Å². The molecule has 2 nitrogen and oxygen atoms in total. The Morgan fingerprint density at radius 2 is 2.00 bits per heavy atom. The van der Waals surface area contributed by atoms with E-state index in [9.17, 15) is 9.18 Å². The van der Waals surface area contributed by atoms with Crippen molar-refractivity contribution < 1.29 is 9.18 Å². The van der Waals surface area contributed by atoms with Crippen LogP contribution in [0.15, 0.2) is 18.2 Å². The fourth-order valence-corrected chi connectivity index (χ4v) is 2.71. The molecule has 0 aliphatic rings. The number of benzene rings is 1. The molecule has 0 radical (unpaired) electrons. The van der Waals surface area contributed by atoms with Gasteiger partial charge >= 0.3 is 0 Å². The number of carbonyl (C=O) groups is 1. The minimum atomic E-state index is -0.474. The van der Waals surface area contributed by atoms with Gasteiger partial charge in [-0.2, -0.15) is 0 Å². The van der Waals surface area contributed by atoms with Crippen LogP contribution >= 0.6 is 22.9 Å². The van der Waals surface area contributed by atoms with Crippen molar-refractivity contribution in [3.8, 4) is 0 Å². The van der Waals surface area contributed by atoms with Gasteiger partial charge in [0.05, 0.1) is 9.21 Å². The standard InChI is InChI=1S/C13H11ClFNOS/c1-6-3-11(18-13(6)14)12(17)8-4-9(15)7(2)10(16)5-8/h3-5H,16H2,1-2H3. The summed E-state index contributed by atoms with van der Waals surface area (Å²) in [7, 11) is 0. The summed E-state index contributed by atoms with van der Waals surface area (Å²) in [5, 5.41) is 0. The second kappa shape index (κ2) is 4.71. The smallest absolute Gasteiger partial charge is 0.203 e. The average Bonchev–Trinajstić information content (AvgIpc) is 2.65. The number of thiophene rings is 1. The third-order valence-electron chi connectivity index (χ3n) is 2.73. The van der Waals surface area contributed by atoms with E-state index >= 15 is 0 Å². The lowest BCUT2D eigenvalue weighted by Gasteiger charge is -2.05. The minimum Gasteiger partial charge on any atom is -0.398 e. The second-order valence-corrected chi connectivity index (χ2v) is 5.72. The summed E-state index contributed by atoms with van der Waals surface area (Å²) in [5.41, 5.74) is 7.37. The zero-order chi connectivity index (χ0) is 13.4. The van der Waals surface area contributed by atoms with Crippen LogP contribution in [-0.4, -0.2) is 5.78 Å². The van der Waals surface area contributed by atoms with Gasteiger partial charge in [-0.25, -0.2) is 4.39 Å². The zero-order valence-electron chi connectivity index (χ0n) is 9.88. The summed E-state index contributed by atoms with van der Waals surface area (Å²) < 4.78 is 14.1. The molecule has 0 atom stereocenters. The Bertz CT molecular complexity index is 593. The molecule has 0 saturated carbocycles. The van der Waals surface area contributed by atoms with Gasteiger partial charge in [0.25, 0.3) is 0 Å². The molecule has 1 aromatic heterocycles. The largest absolute Gasteiger partial charge is 0.398 e. The predicted octanol–water partition coefficient (Wildman–Crippen LogP) is 3.97. The van der Waals surface area contributed by atoms with Crippen LogP contribution in [0.5, 0.6) is 0 Å². The van der Waals surface area contributed by atoms with E-state index in [0.717, 1.165) is 5.56 Å². The molecule has 0 unspecified atom stereocenters. The van der Waals surface area contributed by atoms with Gasteiger partial charge < -0.3 is 5.73 Å². The van der Waals surface area contributed by atoms with Crippen LogP contribution < -0.4 is 5.73 Å². The highest BCUT2D eigenvalue weighted by atomic mass is 35.5. The molecule has 0 saturated heterocycles. The van der Waals surface area contributed by atoms with Gasteiger partial charge in [-0.15, -0.1) is 11.3 Å². The van der Waals surface area contributed by atoms with Crippen LogP contribution in [0.25, 0.3) is 0 Å². The second-order valence-electron chi connectivity index (χ2n) is 4.07. The van der Waals surface area contributed by atoms with Crippen molar-refractivity contribution in [1.82, 2.24) is 0 Å².